The summed E-state index contributed by atoms with van der Waals surface area (Å²) in [4.78, 5) is 26.5. The van der Waals surface area contributed by atoms with E-state index in [1.54, 1.807) is 13.2 Å². The smallest absolute Gasteiger partial charge is 0.300 e. The number of aromatic nitrogens is 3. The molecule has 9 heteroatoms. The van der Waals surface area contributed by atoms with E-state index < -0.39 is 10.8 Å². The Hall–Kier alpha value is -2.97. The molecule has 0 aliphatic rings. The van der Waals surface area contributed by atoms with Crippen LogP contribution in [0.1, 0.15) is 17.3 Å². The monoisotopic (exact) mass is 290 g/mol. The van der Waals surface area contributed by atoms with Crippen molar-refractivity contribution < 1.29 is 9.72 Å². The lowest BCUT2D eigenvalue weighted by atomic mass is 10.2. The standard InChI is InChI=1S/C12H14N6O3/c1-3-13-11-4-9(10(6-14-11)18(20)21)12(19)16-8-5-15-17(2)7-8/h4-7H,3H2,1-2H3,(H,13,14)(H,16,19). The maximum atomic E-state index is 12.2. The molecule has 0 radical (unpaired) electrons. The van der Waals surface area contributed by atoms with E-state index in [2.05, 4.69) is 20.7 Å². The third-order valence-electron chi connectivity index (χ3n) is 2.64. The fourth-order valence-electron chi connectivity index (χ4n) is 1.74. The van der Waals surface area contributed by atoms with Crippen LogP contribution in [0.15, 0.2) is 24.7 Å². The summed E-state index contributed by atoms with van der Waals surface area (Å²) in [6, 6.07) is 1.35. The number of hydrogen-bond donors (Lipinski definition) is 2. The predicted octanol–water partition coefficient (Wildman–Crippen LogP) is 1.41. The summed E-state index contributed by atoms with van der Waals surface area (Å²) in [7, 11) is 1.70. The highest BCUT2D eigenvalue weighted by molar-refractivity contribution is 6.07. The molecular weight excluding hydrogens is 276 g/mol. The molecule has 110 valence electrons. The fraction of sp³-hybridized carbons (Fsp3) is 0.250. The second kappa shape index (κ2) is 5.99. The molecule has 0 bridgehead atoms. The molecule has 0 saturated carbocycles. The molecule has 21 heavy (non-hydrogen) atoms. The number of aryl methyl sites for hydroxylation is 1. The Morgan fingerprint density at radius 1 is 1.48 bits per heavy atom. The van der Waals surface area contributed by atoms with Gasteiger partial charge in [-0.3, -0.25) is 19.6 Å². The summed E-state index contributed by atoms with van der Waals surface area (Å²) < 4.78 is 1.51. The van der Waals surface area contributed by atoms with Crippen LogP contribution in [0.4, 0.5) is 17.2 Å². The third kappa shape index (κ3) is 3.32. The lowest BCUT2D eigenvalue weighted by Gasteiger charge is -2.06. The van der Waals surface area contributed by atoms with Gasteiger partial charge in [-0.25, -0.2) is 4.98 Å². The topological polar surface area (TPSA) is 115 Å². The molecule has 9 nitrogen and oxygen atoms in total. The minimum atomic E-state index is -0.638. The van der Waals surface area contributed by atoms with Gasteiger partial charge in [-0.2, -0.15) is 5.10 Å². The Morgan fingerprint density at radius 2 is 2.24 bits per heavy atom. The van der Waals surface area contributed by atoms with E-state index in [1.807, 2.05) is 6.92 Å². The second-order valence-electron chi connectivity index (χ2n) is 4.23. The zero-order valence-corrected chi connectivity index (χ0v) is 11.5. The van der Waals surface area contributed by atoms with E-state index >= 15 is 0 Å². The lowest BCUT2D eigenvalue weighted by molar-refractivity contribution is -0.385. The molecule has 2 N–H and O–H groups in total. The number of anilines is 2. The number of pyridine rings is 1. The average Bonchev–Trinajstić information content (AvgIpc) is 2.84. The number of carbonyl (C=O) groups is 1. The predicted molar refractivity (Wildman–Crippen MR) is 76.2 cm³/mol. The first-order valence-corrected chi connectivity index (χ1v) is 6.19. The molecular formula is C12H14N6O3. The minimum Gasteiger partial charge on any atom is -0.370 e. The van der Waals surface area contributed by atoms with Crippen molar-refractivity contribution in [1.29, 1.82) is 0 Å². The molecule has 0 aromatic carbocycles. The first-order chi connectivity index (χ1) is 10.0. The van der Waals surface area contributed by atoms with Crippen LogP contribution in [-0.4, -0.2) is 32.1 Å². The normalized spacial score (nSPS) is 10.2. The molecule has 0 aliphatic carbocycles. The summed E-state index contributed by atoms with van der Waals surface area (Å²) in [6.07, 6.45) is 4.11. The highest BCUT2D eigenvalue weighted by Gasteiger charge is 2.22. The van der Waals surface area contributed by atoms with Crippen LogP contribution >= 0.6 is 0 Å². The Labute approximate surface area is 120 Å². The number of nitrogens with zero attached hydrogens (tertiary/aromatic N) is 4. The quantitative estimate of drug-likeness (QED) is 0.635. The first kappa shape index (κ1) is 14.4. The Bertz CT molecular complexity index is 681. The van der Waals surface area contributed by atoms with E-state index in [9.17, 15) is 14.9 Å². The van der Waals surface area contributed by atoms with Gasteiger partial charge in [0.25, 0.3) is 11.6 Å². The van der Waals surface area contributed by atoms with Crippen LogP contribution in [0.25, 0.3) is 0 Å². The second-order valence-corrected chi connectivity index (χ2v) is 4.23. The Kier molecular flexibility index (Phi) is 4.12. The van der Waals surface area contributed by atoms with Crippen LogP contribution in [0.2, 0.25) is 0 Å². The van der Waals surface area contributed by atoms with Crippen LogP contribution in [0.3, 0.4) is 0 Å². The van der Waals surface area contributed by atoms with Gasteiger partial charge in [0.2, 0.25) is 0 Å². The summed E-state index contributed by atoms with van der Waals surface area (Å²) in [6.45, 7) is 2.45. The molecule has 0 atom stereocenters. The first-order valence-electron chi connectivity index (χ1n) is 6.19. The zero-order valence-electron chi connectivity index (χ0n) is 11.5. The molecule has 0 spiro atoms. The highest BCUT2D eigenvalue weighted by Crippen LogP contribution is 2.21. The molecule has 0 unspecified atom stereocenters. The van der Waals surface area contributed by atoms with Gasteiger partial charge in [-0.15, -0.1) is 0 Å². The van der Waals surface area contributed by atoms with E-state index in [0.717, 1.165) is 6.20 Å². The molecule has 2 heterocycles. The lowest BCUT2D eigenvalue weighted by Crippen LogP contribution is -2.15. The van der Waals surface area contributed by atoms with Crippen LogP contribution in [0.5, 0.6) is 0 Å². The van der Waals surface area contributed by atoms with E-state index in [0.29, 0.717) is 18.1 Å². The van der Waals surface area contributed by atoms with Crippen molar-refractivity contribution in [2.45, 2.75) is 6.92 Å². The van der Waals surface area contributed by atoms with Crippen molar-refractivity contribution in [3.63, 3.8) is 0 Å². The van der Waals surface area contributed by atoms with Crippen LogP contribution < -0.4 is 10.6 Å². The maximum Gasteiger partial charge on any atom is 0.300 e. The van der Waals surface area contributed by atoms with Gasteiger partial charge in [0.1, 0.15) is 17.6 Å². The van der Waals surface area contributed by atoms with E-state index in [4.69, 9.17) is 0 Å². The molecule has 2 aromatic rings. The van der Waals surface area contributed by atoms with E-state index in [1.165, 1.54) is 16.9 Å². The Morgan fingerprint density at radius 3 is 2.81 bits per heavy atom. The molecule has 0 saturated heterocycles. The molecule has 2 rings (SSSR count). The molecule has 1 amide bonds. The molecule has 0 fully saturated rings. The van der Waals surface area contributed by atoms with Crippen molar-refractivity contribution in [2.75, 3.05) is 17.2 Å². The third-order valence-corrected chi connectivity index (χ3v) is 2.64. The van der Waals surface area contributed by atoms with Gasteiger partial charge in [0.15, 0.2) is 0 Å². The van der Waals surface area contributed by atoms with Gasteiger partial charge < -0.3 is 10.6 Å². The number of nitrogens with one attached hydrogen (secondary N) is 2. The highest BCUT2D eigenvalue weighted by atomic mass is 16.6. The Balaban J connectivity index is 2.32. The van der Waals surface area contributed by atoms with Crippen molar-refractivity contribution in [2.24, 2.45) is 7.05 Å². The number of hydrogen-bond acceptors (Lipinski definition) is 6. The molecule has 2 aromatic heterocycles. The number of rotatable bonds is 5. The minimum absolute atomic E-state index is 0.0604. The number of carbonyl (C=O) groups excluding carboxylic acids is 1. The van der Waals surface area contributed by atoms with Crippen molar-refractivity contribution >= 4 is 23.1 Å². The van der Waals surface area contributed by atoms with Gasteiger partial charge in [0, 0.05) is 25.9 Å². The largest absolute Gasteiger partial charge is 0.370 e. The SMILES string of the molecule is CCNc1cc(C(=O)Nc2cnn(C)c2)c([N+](=O)[O-])cn1. The van der Waals surface area contributed by atoms with Crippen LogP contribution in [-0.2, 0) is 7.05 Å². The summed E-state index contributed by atoms with van der Waals surface area (Å²) >= 11 is 0. The fourth-order valence-corrected chi connectivity index (χ4v) is 1.74. The van der Waals surface area contributed by atoms with E-state index in [-0.39, 0.29) is 11.3 Å². The van der Waals surface area contributed by atoms with Gasteiger partial charge in [0.05, 0.1) is 16.8 Å². The number of nitro groups is 1. The maximum absolute atomic E-state index is 12.2. The zero-order chi connectivity index (χ0) is 15.4. The summed E-state index contributed by atoms with van der Waals surface area (Å²) in [5.41, 5.74) is 0.0476. The van der Waals surface area contributed by atoms with Gasteiger partial charge in [-0.05, 0) is 6.92 Å². The van der Waals surface area contributed by atoms with Crippen molar-refractivity contribution in [1.82, 2.24) is 14.8 Å². The molecule has 0 aliphatic heterocycles. The average molecular weight is 290 g/mol. The van der Waals surface area contributed by atoms with Crippen molar-refractivity contribution in [3.05, 3.63) is 40.3 Å². The van der Waals surface area contributed by atoms with Gasteiger partial charge >= 0.3 is 0 Å². The van der Waals surface area contributed by atoms with Gasteiger partial charge in [-0.1, -0.05) is 0 Å². The van der Waals surface area contributed by atoms with Crippen LogP contribution in [0, 0.1) is 10.1 Å². The van der Waals surface area contributed by atoms with Crippen molar-refractivity contribution in [3.8, 4) is 0 Å². The number of amides is 1. The summed E-state index contributed by atoms with van der Waals surface area (Å²) in [5, 5.41) is 20.4. The summed E-state index contributed by atoms with van der Waals surface area (Å²) in [5.74, 6) is -0.185.